The second-order valence-corrected chi connectivity index (χ2v) is 7.08. The van der Waals surface area contributed by atoms with Crippen molar-refractivity contribution in [2.75, 3.05) is 6.54 Å². The van der Waals surface area contributed by atoms with Crippen LogP contribution in [0.25, 0.3) is 0 Å². The number of carbonyl (C=O) groups excluding carboxylic acids is 1. The molecule has 1 heterocycles. The molecule has 5 nitrogen and oxygen atoms in total. The molecule has 0 saturated heterocycles. The fraction of sp³-hybridized carbons (Fsp3) is 0.500. The lowest BCUT2D eigenvalue weighted by Gasteiger charge is -2.19. The predicted octanol–water partition coefficient (Wildman–Crippen LogP) is 3.81. The summed E-state index contributed by atoms with van der Waals surface area (Å²) in [5.74, 6) is 0.305. The van der Waals surface area contributed by atoms with Crippen molar-refractivity contribution < 1.29 is 4.79 Å². The molecule has 2 N–H and O–H groups in total. The lowest BCUT2D eigenvalue weighted by molar-refractivity contribution is 0.235. The number of urea groups is 1. The lowest BCUT2D eigenvalue weighted by Crippen LogP contribution is -2.39. The maximum atomic E-state index is 12.2. The van der Waals surface area contributed by atoms with Crippen LogP contribution < -0.4 is 10.6 Å². The van der Waals surface area contributed by atoms with E-state index in [9.17, 15) is 4.79 Å². The standard InChI is InChI=1S/C20H30N4O/c1-13(12-24-16(4)10-15(3)23-24)11-21-20(25)22-18(6)19-9-7-8-14(2)17(19)5/h7-10,13,18H,11-12H2,1-6H3,(H2,21,22,25). The van der Waals surface area contributed by atoms with E-state index in [1.807, 2.05) is 24.6 Å². The van der Waals surface area contributed by atoms with Crippen molar-refractivity contribution in [3.63, 3.8) is 0 Å². The average Bonchev–Trinajstić information content (AvgIpc) is 2.85. The van der Waals surface area contributed by atoms with E-state index >= 15 is 0 Å². The molecular formula is C20H30N4O. The number of carbonyl (C=O) groups is 1. The molecule has 2 amide bonds. The van der Waals surface area contributed by atoms with Gasteiger partial charge >= 0.3 is 6.03 Å². The first-order chi connectivity index (χ1) is 11.8. The van der Waals surface area contributed by atoms with E-state index in [0.29, 0.717) is 12.5 Å². The highest BCUT2D eigenvalue weighted by molar-refractivity contribution is 5.74. The Hall–Kier alpha value is -2.30. The molecule has 25 heavy (non-hydrogen) atoms. The third kappa shape index (κ3) is 5.08. The first kappa shape index (κ1) is 19.0. The van der Waals surface area contributed by atoms with Gasteiger partial charge in [-0.05, 0) is 63.3 Å². The number of amides is 2. The van der Waals surface area contributed by atoms with Gasteiger partial charge in [0.05, 0.1) is 11.7 Å². The Labute approximate surface area is 150 Å². The number of hydrogen-bond donors (Lipinski definition) is 2. The molecule has 1 aromatic carbocycles. The van der Waals surface area contributed by atoms with Crippen LogP contribution in [-0.4, -0.2) is 22.4 Å². The number of hydrogen-bond acceptors (Lipinski definition) is 2. The van der Waals surface area contributed by atoms with Gasteiger partial charge in [0, 0.05) is 18.8 Å². The summed E-state index contributed by atoms with van der Waals surface area (Å²) in [5, 5.41) is 10.5. The highest BCUT2D eigenvalue weighted by atomic mass is 16.2. The van der Waals surface area contributed by atoms with Crippen molar-refractivity contribution in [1.82, 2.24) is 20.4 Å². The topological polar surface area (TPSA) is 59.0 Å². The van der Waals surface area contributed by atoms with Crippen molar-refractivity contribution in [3.8, 4) is 0 Å². The third-order valence-corrected chi connectivity index (χ3v) is 4.66. The summed E-state index contributed by atoms with van der Waals surface area (Å²) < 4.78 is 2.00. The maximum Gasteiger partial charge on any atom is 0.315 e. The molecule has 0 aliphatic carbocycles. The minimum Gasteiger partial charge on any atom is -0.338 e. The molecular weight excluding hydrogens is 312 g/mol. The number of aryl methyl sites for hydroxylation is 3. The molecule has 0 aliphatic heterocycles. The van der Waals surface area contributed by atoms with Crippen LogP contribution in [-0.2, 0) is 6.54 Å². The van der Waals surface area contributed by atoms with Crippen LogP contribution in [0.4, 0.5) is 4.79 Å². The van der Waals surface area contributed by atoms with Gasteiger partial charge in [-0.3, -0.25) is 4.68 Å². The molecule has 2 aromatic rings. The van der Waals surface area contributed by atoms with Gasteiger partial charge in [-0.15, -0.1) is 0 Å². The molecule has 5 heteroatoms. The normalized spacial score (nSPS) is 13.4. The minimum atomic E-state index is -0.131. The number of nitrogens with one attached hydrogen (secondary N) is 2. The molecule has 1 aromatic heterocycles. The minimum absolute atomic E-state index is 0.0220. The van der Waals surface area contributed by atoms with E-state index in [0.717, 1.165) is 23.5 Å². The molecule has 2 rings (SSSR count). The number of aromatic nitrogens is 2. The van der Waals surface area contributed by atoms with Crippen LogP contribution in [0.15, 0.2) is 24.3 Å². The van der Waals surface area contributed by atoms with Crippen LogP contribution in [0.1, 0.15) is 48.0 Å². The second kappa shape index (κ2) is 8.19. The Kier molecular flexibility index (Phi) is 6.23. The van der Waals surface area contributed by atoms with E-state index < -0.39 is 0 Å². The summed E-state index contributed by atoms with van der Waals surface area (Å²) in [6, 6.07) is 8.10. The molecule has 0 fully saturated rings. The summed E-state index contributed by atoms with van der Waals surface area (Å²) in [6.45, 7) is 13.8. The van der Waals surface area contributed by atoms with Gasteiger partial charge < -0.3 is 10.6 Å². The zero-order chi connectivity index (χ0) is 18.6. The quantitative estimate of drug-likeness (QED) is 0.838. The Bertz CT molecular complexity index is 735. The van der Waals surface area contributed by atoms with Crippen LogP contribution in [0.5, 0.6) is 0 Å². The van der Waals surface area contributed by atoms with Gasteiger partial charge in [-0.1, -0.05) is 25.1 Å². The SMILES string of the molecule is Cc1cc(C)n(CC(C)CNC(=O)NC(C)c2cccc(C)c2C)n1. The first-order valence-corrected chi connectivity index (χ1v) is 8.89. The molecule has 0 spiro atoms. The van der Waals surface area contributed by atoms with Gasteiger partial charge in [-0.25, -0.2) is 4.79 Å². The Balaban J connectivity index is 1.83. The van der Waals surface area contributed by atoms with Crippen LogP contribution in [0, 0.1) is 33.6 Å². The average molecular weight is 342 g/mol. The Morgan fingerprint density at radius 1 is 1.20 bits per heavy atom. The summed E-state index contributed by atoms with van der Waals surface area (Å²) in [5.41, 5.74) is 5.80. The molecule has 0 saturated carbocycles. The number of nitrogens with zero attached hydrogens (tertiary/aromatic N) is 2. The van der Waals surface area contributed by atoms with Crippen LogP contribution in [0.3, 0.4) is 0 Å². The van der Waals surface area contributed by atoms with Crippen molar-refractivity contribution >= 4 is 6.03 Å². The molecule has 0 aliphatic rings. The summed E-state index contributed by atoms with van der Waals surface area (Å²) in [7, 11) is 0. The van der Waals surface area contributed by atoms with Gasteiger partial charge in [-0.2, -0.15) is 5.10 Å². The number of benzene rings is 1. The van der Waals surface area contributed by atoms with Crippen molar-refractivity contribution in [1.29, 1.82) is 0 Å². The van der Waals surface area contributed by atoms with E-state index in [-0.39, 0.29) is 12.1 Å². The number of rotatable bonds is 6. The monoisotopic (exact) mass is 342 g/mol. The fourth-order valence-electron chi connectivity index (χ4n) is 3.05. The zero-order valence-corrected chi connectivity index (χ0v) is 16.2. The van der Waals surface area contributed by atoms with Crippen molar-refractivity contribution in [2.45, 2.75) is 54.1 Å². The van der Waals surface area contributed by atoms with E-state index in [1.54, 1.807) is 0 Å². The highest BCUT2D eigenvalue weighted by Crippen LogP contribution is 2.19. The predicted molar refractivity (Wildman–Crippen MR) is 102 cm³/mol. The van der Waals surface area contributed by atoms with Gasteiger partial charge in [0.25, 0.3) is 0 Å². The maximum absolute atomic E-state index is 12.2. The zero-order valence-electron chi connectivity index (χ0n) is 16.2. The van der Waals surface area contributed by atoms with Crippen molar-refractivity contribution in [3.05, 3.63) is 52.3 Å². The molecule has 2 atom stereocenters. The third-order valence-electron chi connectivity index (χ3n) is 4.66. The lowest BCUT2D eigenvalue weighted by atomic mass is 9.98. The Morgan fingerprint density at radius 2 is 1.92 bits per heavy atom. The molecule has 2 unspecified atom stereocenters. The summed E-state index contributed by atoms with van der Waals surface area (Å²) >= 11 is 0. The Morgan fingerprint density at radius 3 is 2.56 bits per heavy atom. The van der Waals surface area contributed by atoms with Gasteiger partial charge in [0.15, 0.2) is 0 Å². The van der Waals surface area contributed by atoms with Crippen LogP contribution in [0.2, 0.25) is 0 Å². The summed E-state index contributed by atoms with van der Waals surface area (Å²) in [6.07, 6.45) is 0. The van der Waals surface area contributed by atoms with Crippen LogP contribution >= 0.6 is 0 Å². The van der Waals surface area contributed by atoms with E-state index in [4.69, 9.17) is 0 Å². The molecule has 136 valence electrons. The van der Waals surface area contributed by atoms with E-state index in [1.165, 1.54) is 11.1 Å². The summed E-state index contributed by atoms with van der Waals surface area (Å²) in [4.78, 5) is 12.2. The van der Waals surface area contributed by atoms with Crippen molar-refractivity contribution in [2.24, 2.45) is 5.92 Å². The van der Waals surface area contributed by atoms with Gasteiger partial charge in [0.1, 0.15) is 0 Å². The smallest absolute Gasteiger partial charge is 0.315 e. The first-order valence-electron chi connectivity index (χ1n) is 8.89. The largest absolute Gasteiger partial charge is 0.338 e. The molecule has 0 bridgehead atoms. The highest BCUT2D eigenvalue weighted by Gasteiger charge is 2.13. The van der Waals surface area contributed by atoms with Gasteiger partial charge in [0.2, 0.25) is 0 Å². The molecule has 0 radical (unpaired) electrons. The fourth-order valence-corrected chi connectivity index (χ4v) is 3.05. The second-order valence-electron chi connectivity index (χ2n) is 7.08. The van der Waals surface area contributed by atoms with E-state index in [2.05, 4.69) is 61.6 Å².